The molecule has 1 aromatic heterocycles. The van der Waals surface area contributed by atoms with Crippen LogP contribution in [-0.4, -0.2) is 40.3 Å². The van der Waals surface area contributed by atoms with E-state index in [0.717, 1.165) is 10.9 Å². The van der Waals surface area contributed by atoms with Crippen molar-refractivity contribution in [3.63, 3.8) is 0 Å². The molecule has 0 saturated carbocycles. The zero-order valence-corrected chi connectivity index (χ0v) is 12.2. The summed E-state index contributed by atoms with van der Waals surface area (Å²) < 4.78 is 0. The number of aromatic nitrogens is 1. The number of fused-ring (bicyclic) bond motifs is 1. The number of nitrogens with zero attached hydrogens (tertiary/aromatic N) is 2. The number of rotatable bonds is 3. The normalized spacial score (nSPS) is 21.1. The van der Waals surface area contributed by atoms with E-state index in [2.05, 4.69) is 10.3 Å². The Morgan fingerprint density at radius 1 is 1.50 bits per heavy atom. The van der Waals surface area contributed by atoms with Gasteiger partial charge in [-0.25, -0.2) is 0 Å². The minimum Gasteiger partial charge on any atom is -0.361 e. The maximum absolute atomic E-state index is 12.3. The second kappa shape index (κ2) is 5.53. The molecule has 1 aliphatic rings. The zero-order chi connectivity index (χ0) is 15.7. The Balaban J connectivity index is 1.74. The standard InChI is InChI=1S/C16H16N4O2/c1-10-8-14(16(22)20(10)7-5-17)19-15(21)12-2-3-13-11(9-12)4-6-18-13/h2-4,6,9-10,14,18H,7-8H2,1H3,(H,19,21). The Morgan fingerprint density at radius 2 is 2.32 bits per heavy atom. The fourth-order valence-corrected chi connectivity index (χ4v) is 2.85. The summed E-state index contributed by atoms with van der Waals surface area (Å²) in [6.45, 7) is 1.94. The molecule has 2 aromatic rings. The molecular formula is C16H16N4O2. The van der Waals surface area contributed by atoms with Gasteiger partial charge in [0.1, 0.15) is 12.6 Å². The summed E-state index contributed by atoms with van der Waals surface area (Å²) in [6.07, 6.45) is 2.34. The minimum absolute atomic E-state index is 0.0374. The van der Waals surface area contributed by atoms with E-state index in [0.29, 0.717) is 12.0 Å². The SMILES string of the molecule is CC1CC(NC(=O)c2ccc3[nH]ccc3c2)C(=O)N1CC#N. The molecule has 3 rings (SSSR count). The van der Waals surface area contributed by atoms with Gasteiger partial charge < -0.3 is 15.2 Å². The first-order valence-corrected chi connectivity index (χ1v) is 7.15. The predicted octanol–water partition coefficient (Wildman–Crippen LogP) is 1.41. The number of hydrogen-bond donors (Lipinski definition) is 2. The van der Waals surface area contributed by atoms with Crippen LogP contribution in [-0.2, 0) is 4.79 Å². The van der Waals surface area contributed by atoms with E-state index in [-0.39, 0.29) is 24.4 Å². The van der Waals surface area contributed by atoms with Crippen LogP contribution in [0.1, 0.15) is 23.7 Å². The first-order chi connectivity index (χ1) is 10.6. The van der Waals surface area contributed by atoms with Crippen LogP contribution in [0.15, 0.2) is 30.5 Å². The van der Waals surface area contributed by atoms with Crippen LogP contribution in [0.5, 0.6) is 0 Å². The summed E-state index contributed by atoms with van der Waals surface area (Å²) in [4.78, 5) is 29.1. The smallest absolute Gasteiger partial charge is 0.251 e. The molecule has 0 aliphatic carbocycles. The molecule has 1 aromatic carbocycles. The number of hydrogen-bond acceptors (Lipinski definition) is 3. The van der Waals surface area contributed by atoms with Gasteiger partial charge in [0.2, 0.25) is 5.91 Å². The second-order valence-corrected chi connectivity index (χ2v) is 5.51. The van der Waals surface area contributed by atoms with Crippen molar-refractivity contribution < 1.29 is 9.59 Å². The van der Waals surface area contributed by atoms with Gasteiger partial charge in [-0.1, -0.05) is 0 Å². The van der Waals surface area contributed by atoms with Crippen LogP contribution in [0, 0.1) is 11.3 Å². The Bertz CT molecular complexity index is 774. The summed E-state index contributed by atoms with van der Waals surface area (Å²) in [5, 5.41) is 12.5. The fraction of sp³-hybridized carbons (Fsp3) is 0.312. The molecule has 2 atom stereocenters. The molecule has 1 saturated heterocycles. The van der Waals surface area contributed by atoms with Crippen molar-refractivity contribution in [2.45, 2.75) is 25.4 Å². The van der Waals surface area contributed by atoms with Crippen molar-refractivity contribution in [3.05, 3.63) is 36.0 Å². The van der Waals surface area contributed by atoms with Gasteiger partial charge >= 0.3 is 0 Å². The lowest BCUT2D eigenvalue weighted by atomic mass is 10.1. The summed E-state index contributed by atoms with van der Waals surface area (Å²) in [6, 6.07) is 8.63. The highest BCUT2D eigenvalue weighted by Crippen LogP contribution is 2.19. The average Bonchev–Trinajstić information content (AvgIpc) is 3.07. The van der Waals surface area contributed by atoms with Gasteiger partial charge in [0.05, 0.1) is 6.07 Å². The van der Waals surface area contributed by atoms with E-state index in [1.54, 1.807) is 12.1 Å². The number of H-pyrrole nitrogens is 1. The fourth-order valence-electron chi connectivity index (χ4n) is 2.85. The number of nitriles is 1. The Hall–Kier alpha value is -2.81. The maximum Gasteiger partial charge on any atom is 0.251 e. The quantitative estimate of drug-likeness (QED) is 0.839. The summed E-state index contributed by atoms with van der Waals surface area (Å²) in [7, 11) is 0. The summed E-state index contributed by atoms with van der Waals surface area (Å²) >= 11 is 0. The van der Waals surface area contributed by atoms with Crippen LogP contribution < -0.4 is 5.32 Å². The number of aromatic amines is 1. The highest BCUT2D eigenvalue weighted by molar-refractivity contribution is 6.00. The highest BCUT2D eigenvalue weighted by atomic mass is 16.2. The molecule has 2 N–H and O–H groups in total. The number of carbonyl (C=O) groups excluding carboxylic acids is 2. The second-order valence-electron chi connectivity index (χ2n) is 5.51. The first-order valence-electron chi connectivity index (χ1n) is 7.15. The van der Waals surface area contributed by atoms with Crippen LogP contribution in [0.2, 0.25) is 0 Å². The van der Waals surface area contributed by atoms with Gasteiger partial charge in [-0.15, -0.1) is 0 Å². The molecule has 22 heavy (non-hydrogen) atoms. The van der Waals surface area contributed by atoms with Crippen molar-refractivity contribution >= 4 is 22.7 Å². The van der Waals surface area contributed by atoms with Gasteiger partial charge in [-0.05, 0) is 37.6 Å². The monoisotopic (exact) mass is 296 g/mol. The third-order valence-corrected chi connectivity index (χ3v) is 4.05. The van der Waals surface area contributed by atoms with Crippen molar-refractivity contribution in [2.75, 3.05) is 6.54 Å². The van der Waals surface area contributed by atoms with E-state index in [1.807, 2.05) is 31.3 Å². The van der Waals surface area contributed by atoms with Crippen molar-refractivity contribution in [1.82, 2.24) is 15.2 Å². The number of likely N-dealkylation sites (tertiary alicyclic amines) is 1. The lowest BCUT2D eigenvalue weighted by molar-refractivity contribution is -0.129. The Labute approximate surface area is 127 Å². The van der Waals surface area contributed by atoms with Crippen LogP contribution in [0.25, 0.3) is 10.9 Å². The molecule has 0 spiro atoms. The topological polar surface area (TPSA) is 89.0 Å². The Morgan fingerprint density at radius 3 is 3.09 bits per heavy atom. The maximum atomic E-state index is 12.3. The molecule has 2 unspecified atom stereocenters. The number of amides is 2. The summed E-state index contributed by atoms with van der Waals surface area (Å²) in [5.41, 5.74) is 1.48. The van der Waals surface area contributed by atoms with Crippen LogP contribution >= 0.6 is 0 Å². The van der Waals surface area contributed by atoms with E-state index >= 15 is 0 Å². The lowest BCUT2D eigenvalue weighted by Crippen LogP contribution is -2.41. The molecule has 0 bridgehead atoms. The minimum atomic E-state index is -0.558. The number of carbonyl (C=O) groups is 2. The predicted molar refractivity (Wildman–Crippen MR) is 81.0 cm³/mol. The van der Waals surface area contributed by atoms with Crippen molar-refractivity contribution in [3.8, 4) is 6.07 Å². The third-order valence-electron chi connectivity index (χ3n) is 4.05. The van der Waals surface area contributed by atoms with Crippen molar-refractivity contribution in [1.29, 1.82) is 5.26 Å². The molecule has 6 heteroatoms. The number of benzene rings is 1. The van der Waals surface area contributed by atoms with E-state index in [1.165, 1.54) is 4.90 Å². The molecule has 6 nitrogen and oxygen atoms in total. The molecular weight excluding hydrogens is 280 g/mol. The molecule has 112 valence electrons. The van der Waals surface area contributed by atoms with Gasteiger partial charge in [-0.3, -0.25) is 9.59 Å². The van der Waals surface area contributed by atoms with E-state index in [9.17, 15) is 9.59 Å². The van der Waals surface area contributed by atoms with Gasteiger partial charge in [0, 0.05) is 28.7 Å². The van der Waals surface area contributed by atoms with Gasteiger partial charge in [0.15, 0.2) is 0 Å². The summed E-state index contributed by atoms with van der Waals surface area (Å²) in [5.74, 6) is -0.461. The van der Waals surface area contributed by atoms with E-state index < -0.39 is 6.04 Å². The zero-order valence-electron chi connectivity index (χ0n) is 12.2. The highest BCUT2D eigenvalue weighted by Gasteiger charge is 2.37. The molecule has 1 aliphatic heterocycles. The van der Waals surface area contributed by atoms with E-state index in [4.69, 9.17) is 5.26 Å². The molecule has 2 amide bonds. The first kappa shape index (κ1) is 14.1. The average molecular weight is 296 g/mol. The molecule has 2 heterocycles. The molecule has 1 fully saturated rings. The Kier molecular flexibility index (Phi) is 3.55. The van der Waals surface area contributed by atoms with Crippen LogP contribution in [0.4, 0.5) is 0 Å². The number of nitrogens with one attached hydrogen (secondary N) is 2. The van der Waals surface area contributed by atoms with Crippen molar-refractivity contribution in [2.24, 2.45) is 0 Å². The third kappa shape index (κ3) is 2.42. The van der Waals surface area contributed by atoms with Gasteiger partial charge in [-0.2, -0.15) is 5.26 Å². The lowest BCUT2D eigenvalue weighted by Gasteiger charge is -2.17. The largest absolute Gasteiger partial charge is 0.361 e. The van der Waals surface area contributed by atoms with Crippen LogP contribution in [0.3, 0.4) is 0 Å². The van der Waals surface area contributed by atoms with Gasteiger partial charge in [0.25, 0.3) is 5.91 Å². The molecule has 0 radical (unpaired) electrons.